The summed E-state index contributed by atoms with van der Waals surface area (Å²) in [6, 6.07) is 2.08. The van der Waals surface area contributed by atoms with E-state index in [0.29, 0.717) is 22.2 Å². The van der Waals surface area contributed by atoms with Gasteiger partial charge < -0.3 is 9.47 Å². The molecule has 0 radical (unpaired) electrons. The van der Waals surface area contributed by atoms with Crippen molar-refractivity contribution in [2.75, 3.05) is 14.2 Å². The summed E-state index contributed by atoms with van der Waals surface area (Å²) in [5, 5.41) is 0.551. The minimum absolute atomic E-state index is 0.0248. The van der Waals surface area contributed by atoms with Crippen LogP contribution >= 0.6 is 11.6 Å². The number of nitrogens with zero attached hydrogens (tertiary/aromatic N) is 3. The minimum atomic E-state index is -0.841. The van der Waals surface area contributed by atoms with Gasteiger partial charge in [0.05, 0.1) is 30.5 Å². The summed E-state index contributed by atoms with van der Waals surface area (Å²) in [4.78, 5) is 12.6. The third kappa shape index (κ3) is 3.08. The van der Waals surface area contributed by atoms with Crippen molar-refractivity contribution < 1.29 is 13.9 Å². The Bertz CT molecular complexity index is 726. The number of alkyl halides is 1. The first kappa shape index (κ1) is 15.9. The second kappa shape index (κ2) is 6.28. The van der Waals surface area contributed by atoms with Crippen molar-refractivity contribution in [3.8, 4) is 23.1 Å². The Morgan fingerprint density at radius 1 is 1.26 bits per heavy atom. The van der Waals surface area contributed by atoms with E-state index in [2.05, 4.69) is 15.0 Å². The molecule has 0 spiro atoms. The van der Waals surface area contributed by atoms with E-state index in [0.717, 1.165) is 12.0 Å². The van der Waals surface area contributed by atoms with Crippen LogP contribution in [-0.2, 0) is 0 Å². The molecule has 0 aromatic carbocycles. The number of rotatable bonds is 5. The molecule has 0 amide bonds. The number of pyridine rings is 1. The molecule has 3 rings (SSSR count). The fourth-order valence-electron chi connectivity index (χ4n) is 2.75. The highest BCUT2D eigenvalue weighted by molar-refractivity contribution is 6.31. The smallest absolute Gasteiger partial charge is 0.319 e. The van der Waals surface area contributed by atoms with Crippen LogP contribution in [0.4, 0.5) is 4.39 Å². The van der Waals surface area contributed by atoms with Crippen LogP contribution in [-0.4, -0.2) is 35.3 Å². The third-order valence-corrected chi connectivity index (χ3v) is 4.41. The lowest BCUT2D eigenvalue weighted by Gasteiger charge is -2.10. The van der Waals surface area contributed by atoms with Gasteiger partial charge in [0, 0.05) is 12.4 Å². The summed E-state index contributed by atoms with van der Waals surface area (Å²) in [5.41, 5.74) is 2.18. The van der Waals surface area contributed by atoms with Crippen LogP contribution in [0.5, 0.6) is 11.9 Å². The summed E-state index contributed by atoms with van der Waals surface area (Å²) in [6.07, 6.45) is 3.13. The first-order valence-electron chi connectivity index (χ1n) is 7.30. The summed E-state index contributed by atoms with van der Waals surface area (Å²) < 4.78 is 23.7. The molecule has 1 saturated carbocycles. The van der Waals surface area contributed by atoms with Crippen LogP contribution in [0.25, 0.3) is 11.3 Å². The Morgan fingerprint density at radius 3 is 2.65 bits per heavy atom. The van der Waals surface area contributed by atoms with Crippen LogP contribution in [0.3, 0.4) is 0 Å². The van der Waals surface area contributed by atoms with E-state index in [1.165, 1.54) is 14.2 Å². The second-order valence-corrected chi connectivity index (χ2v) is 5.96. The number of ether oxygens (including phenoxy) is 2. The zero-order valence-electron chi connectivity index (χ0n) is 13.1. The van der Waals surface area contributed by atoms with Crippen LogP contribution < -0.4 is 9.47 Å². The highest BCUT2D eigenvalue weighted by Gasteiger charge is 2.43. The number of halogens is 2. The maximum atomic E-state index is 13.5. The Morgan fingerprint density at radius 2 is 2.04 bits per heavy atom. The molecular weight excluding hydrogens is 321 g/mol. The second-order valence-electron chi connectivity index (χ2n) is 5.55. The van der Waals surface area contributed by atoms with E-state index in [-0.39, 0.29) is 17.8 Å². The quantitative estimate of drug-likeness (QED) is 0.833. The summed E-state index contributed by atoms with van der Waals surface area (Å²) in [6.45, 7) is 1.58. The molecule has 0 N–H and O–H groups in total. The van der Waals surface area contributed by atoms with Gasteiger partial charge in [0.2, 0.25) is 5.88 Å². The van der Waals surface area contributed by atoms with Crippen LogP contribution in [0.2, 0.25) is 5.02 Å². The van der Waals surface area contributed by atoms with Crippen molar-refractivity contribution in [1.82, 2.24) is 15.0 Å². The Labute approximate surface area is 138 Å². The average Bonchev–Trinajstić information content (AvgIpc) is 3.35. The van der Waals surface area contributed by atoms with Crippen molar-refractivity contribution in [2.24, 2.45) is 5.92 Å². The van der Waals surface area contributed by atoms with Gasteiger partial charge in [0.1, 0.15) is 6.17 Å². The molecule has 2 aromatic heterocycles. The predicted molar refractivity (Wildman–Crippen MR) is 84.8 cm³/mol. The van der Waals surface area contributed by atoms with Gasteiger partial charge in [-0.05, 0) is 36.8 Å². The Kier molecular flexibility index (Phi) is 4.35. The number of aromatic nitrogens is 3. The zero-order valence-corrected chi connectivity index (χ0v) is 13.8. The molecule has 0 unspecified atom stereocenters. The van der Waals surface area contributed by atoms with Gasteiger partial charge in [-0.1, -0.05) is 11.6 Å². The topological polar surface area (TPSA) is 57.1 Å². The zero-order chi connectivity index (χ0) is 16.6. The normalized spacial score (nSPS) is 20.9. The molecule has 0 aliphatic heterocycles. The van der Waals surface area contributed by atoms with Gasteiger partial charge in [-0.2, -0.15) is 4.98 Å². The summed E-state index contributed by atoms with van der Waals surface area (Å²) in [7, 11) is 3.00. The molecule has 1 aliphatic carbocycles. The third-order valence-electron chi connectivity index (χ3n) is 4.10. The first-order valence-corrected chi connectivity index (χ1v) is 7.67. The van der Waals surface area contributed by atoms with Gasteiger partial charge in [0.25, 0.3) is 0 Å². The van der Waals surface area contributed by atoms with Crippen LogP contribution in [0, 0.1) is 5.92 Å². The molecule has 1 aliphatic rings. The van der Waals surface area contributed by atoms with E-state index in [9.17, 15) is 4.39 Å². The fraction of sp³-hybridized carbons (Fsp3) is 0.438. The minimum Gasteiger partial charge on any atom is -0.480 e. The molecule has 2 heterocycles. The molecule has 122 valence electrons. The van der Waals surface area contributed by atoms with Gasteiger partial charge in [-0.25, -0.2) is 9.37 Å². The number of methoxy groups -OCH3 is 2. The van der Waals surface area contributed by atoms with E-state index >= 15 is 0 Å². The lowest BCUT2D eigenvalue weighted by molar-refractivity contribution is 0.319. The molecule has 0 bridgehead atoms. The number of hydrogen-bond donors (Lipinski definition) is 0. The largest absolute Gasteiger partial charge is 0.480 e. The van der Waals surface area contributed by atoms with E-state index in [4.69, 9.17) is 21.1 Å². The van der Waals surface area contributed by atoms with Crippen molar-refractivity contribution in [1.29, 1.82) is 0 Å². The monoisotopic (exact) mass is 337 g/mol. The summed E-state index contributed by atoms with van der Waals surface area (Å²) in [5.74, 6) is 0.523. The van der Waals surface area contributed by atoms with Gasteiger partial charge in [-0.3, -0.25) is 4.98 Å². The molecule has 2 aromatic rings. The van der Waals surface area contributed by atoms with E-state index in [1.807, 2.05) is 6.07 Å². The first-order chi connectivity index (χ1) is 11.0. The fourth-order valence-corrected chi connectivity index (χ4v) is 2.99. The van der Waals surface area contributed by atoms with Gasteiger partial charge in [-0.15, -0.1) is 0 Å². The average molecular weight is 338 g/mol. The highest BCUT2D eigenvalue weighted by atomic mass is 35.5. The Hall–Kier alpha value is -1.95. The predicted octanol–water partition coefficient (Wildman–Crippen LogP) is 3.67. The van der Waals surface area contributed by atoms with Crippen molar-refractivity contribution in [3.05, 3.63) is 29.0 Å². The van der Waals surface area contributed by atoms with Gasteiger partial charge >= 0.3 is 6.01 Å². The molecule has 5 nitrogen and oxygen atoms in total. The molecule has 1 fully saturated rings. The van der Waals surface area contributed by atoms with Gasteiger partial charge in [0.15, 0.2) is 0 Å². The van der Waals surface area contributed by atoms with E-state index in [1.54, 1.807) is 19.3 Å². The SMILES string of the molecule is COc1ncc(-c2cc([C@H]3C[C@@H]3[C@H](C)F)c(Cl)cn2)c(OC)n1. The lowest BCUT2D eigenvalue weighted by Crippen LogP contribution is -2.00. The molecule has 0 saturated heterocycles. The Balaban J connectivity index is 1.98. The standard InChI is InChI=1S/C16H17ClFN3O2/c1-8(18)9-4-10(9)11-5-14(19-7-13(11)17)12-6-20-16(23-3)21-15(12)22-2/h5-10H,4H2,1-3H3/t8-,9+,10-/m0/s1. The van der Waals surface area contributed by atoms with Crippen molar-refractivity contribution >= 4 is 11.6 Å². The van der Waals surface area contributed by atoms with Crippen molar-refractivity contribution in [2.45, 2.75) is 25.4 Å². The van der Waals surface area contributed by atoms with Crippen molar-refractivity contribution in [3.63, 3.8) is 0 Å². The lowest BCUT2D eigenvalue weighted by atomic mass is 10.1. The maximum absolute atomic E-state index is 13.5. The molecular formula is C16H17ClFN3O2. The maximum Gasteiger partial charge on any atom is 0.319 e. The van der Waals surface area contributed by atoms with E-state index < -0.39 is 6.17 Å². The molecule has 23 heavy (non-hydrogen) atoms. The van der Waals surface area contributed by atoms with Crippen LogP contribution in [0.15, 0.2) is 18.5 Å². The molecule has 3 atom stereocenters. The molecule has 7 heteroatoms. The number of hydrogen-bond acceptors (Lipinski definition) is 5. The van der Waals surface area contributed by atoms with Crippen LogP contribution in [0.1, 0.15) is 24.8 Å². The highest BCUT2D eigenvalue weighted by Crippen LogP contribution is 2.52. The summed E-state index contributed by atoms with van der Waals surface area (Å²) >= 11 is 6.24.